The van der Waals surface area contributed by atoms with Crippen molar-refractivity contribution in [2.75, 3.05) is 20.3 Å². The maximum atomic E-state index is 12.8. The van der Waals surface area contributed by atoms with Crippen molar-refractivity contribution in [3.05, 3.63) is 45.2 Å². The zero-order valence-corrected chi connectivity index (χ0v) is 17.4. The highest BCUT2D eigenvalue weighted by Gasteiger charge is 2.22. The van der Waals surface area contributed by atoms with Crippen molar-refractivity contribution in [2.24, 2.45) is 4.99 Å². The highest BCUT2D eigenvalue weighted by atomic mass is 35.5. The van der Waals surface area contributed by atoms with Crippen LogP contribution < -0.4 is 9.41 Å². The number of carbonyl (C=O) groups is 1. The molecule has 1 aliphatic heterocycles. The molecule has 0 radical (unpaired) electrons. The van der Waals surface area contributed by atoms with E-state index in [2.05, 4.69) is 29.7 Å². The number of rotatable bonds is 4. The van der Waals surface area contributed by atoms with Crippen LogP contribution in [0.3, 0.4) is 0 Å². The number of benzene rings is 1. The van der Waals surface area contributed by atoms with E-state index in [4.69, 9.17) is 25.8 Å². The zero-order valence-electron chi connectivity index (χ0n) is 15.8. The van der Waals surface area contributed by atoms with E-state index >= 15 is 0 Å². The lowest BCUT2D eigenvalue weighted by atomic mass is 10.1. The van der Waals surface area contributed by atoms with Gasteiger partial charge in [-0.15, -0.1) is 0 Å². The molecule has 27 heavy (non-hydrogen) atoms. The third-order valence-corrected chi connectivity index (χ3v) is 5.68. The summed E-state index contributed by atoms with van der Waals surface area (Å²) in [6.45, 7) is 7.46. The number of aromatic nitrogens is 1. The third-order valence-electron chi connectivity index (χ3n) is 4.07. The molecule has 1 saturated heterocycles. The van der Waals surface area contributed by atoms with Crippen LogP contribution >= 0.6 is 23.1 Å². The Morgan fingerprint density at radius 2 is 2.07 bits per heavy atom. The molecule has 1 amide bonds. The van der Waals surface area contributed by atoms with Gasteiger partial charge in [-0.2, -0.15) is 4.99 Å². The highest BCUT2D eigenvalue weighted by Crippen LogP contribution is 2.24. The van der Waals surface area contributed by atoms with Gasteiger partial charge in [-0.3, -0.25) is 8.75 Å². The maximum Gasteiger partial charge on any atom is 0.282 e. The van der Waals surface area contributed by atoms with Gasteiger partial charge in [0, 0.05) is 28.7 Å². The number of nitrogens with zero attached hydrogens (tertiary/aromatic N) is 2. The SMILES string of the molecule is COc1ccc(Cl)cc1C(=O)N=c1sn(C(C)(C)C)cc1CC1OCCO1. The van der Waals surface area contributed by atoms with Crippen molar-refractivity contribution in [3.63, 3.8) is 0 Å². The number of halogens is 1. The number of ether oxygens (including phenoxy) is 3. The van der Waals surface area contributed by atoms with Crippen molar-refractivity contribution in [2.45, 2.75) is 39.0 Å². The highest BCUT2D eigenvalue weighted by molar-refractivity contribution is 7.04. The summed E-state index contributed by atoms with van der Waals surface area (Å²) in [6, 6.07) is 4.91. The van der Waals surface area contributed by atoms with Gasteiger partial charge in [0.25, 0.3) is 5.91 Å². The first-order chi connectivity index (χ1) is 12.8. The monoisotopic (exact) mass is 410 g/mol. The van der Waals surface area contributed by atoms with Crippen molar-refractivity contribution in [1.29, 1.82) is 0 Å². The molecule has 0 N–H and O–H groups in total. The van der Waals surface area contributed by atoms with Crippen molar-refractivity contribution in [3.8, 4) is 5.75 Å². The van der Waals surface area contributed by atoms with Crippen LogP contribution in [0.2, 0.25) is 5.02 Å². The molecule has 0 atom stereocenters. The van der Waals surface area contributed by atoms with Gasteiger partial charge in [-0.05, 0) is 50.5 Å². The lowest BCUT2D eigenvalue weighted by Crippen LogP contribution is -2.18. The van der Waals surface area contributed by atoms with Crippen LogP contribution in [0.5, 0.6) is 5.75 Å². The summed E-state index contributed by atoms with van der Waals surface area (Å²) in [5.41, 5.74) is 1.12. The lowest BCUT2D eigenvalue weighted by molar-refractivity contribution is -0.0401. The maximum absolute atomic E-state index is 12.8. The van der Waals surface area contributed by atoms with Crippen LogP contribution in [0.15, 0.2) is 29.4 Å². The number of hydrogen-bond donors (Lipinski definition) is 0. The van der Waals surface area contributed by atoms with Crippen molar-refractivity contribution >= 4 is 29.0 Å². The van der Waals surface area contributed by atoms with Crippen LogP contribution in [0.4, 0.5) is 0 Å². The fourth-order valence-electron chi connectivity index (χ4n) is 2.64. The van der Waals surface area contributed by atoms with E-state index in [1.165, 1.54) is 18.6 Å². The first kappa shape index (κ1) is 20.1. The predicted octanol–water partition coefficient (Wildman–Crippen LogP) is 3.62. The number of methoxy groups -OCH3 is 1. The third kappa shape index (κ3) is 4.79. The van der Waals surface area contributed by atoms with Gasteiger partial charge in [-0.25, -0.2) is 0 Å². The van der Waals surface area contributed by atoms with Gasteiger partial charge >= 0.3 is 0 Å². The Balaban J connectivity index is 2.02. The molecule has 0 aliphatic carbocycles. The molecule has 6 nitrogen and oxygen atoms in total. The van der Waals surface area contributed by atoms with Crippen LogP contribution in [-0.2, 0) is 21.4 Å². The van der Waals surface area contributed by atoms with Gasteiger partial charge < -0.3 is 14.2 Å². The van der Waals surface area contributed by atoms with E-state index in [9.17, 15) is 4.79 Å². The van der Waals surface area contributed by atoms with Crippen LogP contribution in [0, 0.1) is 0 Å². The van der Waals surface area contributed by atoms with E-state index in [-0.39, 0.29) is 11.8 Å². The number of carbonyl (C=O) groups excluding carboxylic acids is 1. The molecule has 2 aromatic rings. The van der Waals surface area contributed by atoms with Crippen LogP contribution in [0.25, 0.3) is 0 Å². The molecule has 2 heterocycles. The molecule has 1 aromatic carbocycles. The molecule has 8 heteroatoms. The van der Waals surface area contributed by atoms with Gasteiger partial charge in [0.2, 0.25) is 0 Å². The normalized spacial score (nSPS) is 16.1. The molecule has 0 saturated carbocycles. The second-order valence-corrected chi connectivity index (χ2v) is 8.58. The van der Waals surface area contributed by atoms with Crippen molar-refractivity contribution in [1.82, 2.24) is 3.96 Å². The van der Waals surface area contributed by atoms with Crippen molar-refractivity contribution < 1.29 is 19.0 Å². The Labute approximate surface area is 167 Å². The first-order valence-electron chi connectivity index (χ1n) is 8.66. The Morgan fingerprint density at radius 3 is 2.70 bits per heavy atom. The average Bonchev–Trinajstić information content (AvgIpc) is 3.25. The smallest absolute Gasteiger partial charge is 0.282 e. The minimum atomic E-state index is -0.397. The molecule has 0 unspecified atom stereocenters. The molecule has 3 rings (SSSR count). The standard InChI is InChI=1S/C19H23ClN2O4S/c1-19(2,3)22-11-12(9-16-25-7-8-26-16)18(27-22)21-17(23)14-10-13(20)5-6-15(14)24-4/h5-6,10-11,16H,7-9H2,1-4H3. The quantitative estimate of drug-likeness (QED) is 0.772. The summed E-state index contributed by atoms with van der Waals surface area (Å²) >= 11 is 7.48. The molecular weight excluding hydrogens is 388 g/mol. The Kier molecular flexibility index (Phi) is 6.05. The van der Waals surface area contributed by atoms with E-state index in [0.29, 0.717) is 40.6 Å². The van der Waals surface area contributed by atoms with E-state index in [1.807, 2.05) is 6.20 Å². The molecule has 1 aromatic heterocycles. The fourth-order valence-corrected chi connectivity index (χ4v) is 3.83. The minimum absolute atomic E-state index is 0.124. The molecule has 0 spiro atoms. The van der Waals surface area contributed by atoms with Gasteiger partial charge in [0.1, 0.15) is 10.4 Å². The Bertz CT molecular complexity index is 892. The molecule has 1 fully saturated rings. The number of amides is 1. The summed E-state index contributed by atoms with van der Waals surface area (Å²) in [4.78, 5) is 17.2. The van der Waals surface area contributed by atoms with Crippen LogP contribution in [-0.4, -0.2) is 36.5 Å². The fraction of sp³-hybridized carbons (Fsp3) is 0.474. The summed E-state index contributed by atoms with van der Waals surface area (Å²) in [5, 5.41) is 0.457. The molecule has 0 bridgehead atoms. The summed E-state index contributed by atoms with van der Waals surface area (Å²) in [5.74, 6) is 0.0455. The topological polar surface area (TPSA) is 62.0 Å². The van der Waals surface area contributed by atoms with E-state index in [1.54, 1.807) is 18.2 Å². The molecular formula is C19H23ClN2O4S. The van der Waals surface area contributed by atoms with Gasteiger partial charge in [0.05, 0.1) is 25.9 Å². The minimum Gasteiger partial charge on any atom is -0.496 e. The second-order valence-electron chi connectivity index (χ2n) is 7.18. The summed E-state index contributed by atoms with van der Waals surface area (Å²) < 4.78 is 19.1. The molecule has 146 valence electrons. The Morgan fingerprint density at radius 1 is 1.37 bits per heavy atom. The second kappa shape index (κ2) is 8.14. The largest absolute Gasteiger partial charge is 0.496 e. The summed E-state index contributed by atoms with van der Waals surface area (Å²) in [6.07, 6.45) is 2.24. The predicted molar refractivity (Wildman–Crippen MR) is 105 cm³/mol. The zero-order chi connectivity index (χ0) is 19.6. The number of hydrogen-bond acceptors (Lipinski definition) is 5. The average molecular weight is 411 g/mol. The lowest BCUT2D eigenvalue weighted by Gasteiger charge is -2.19. The van der Waals surface area contributed by atoms with Gasteiger partial charge in [0.15, 0.2) is 6.29 Å². The van der Waals surface area contributed by atoms with Crippen LogP contribution in [0.1, 0.15) is 36.7 Å². The van der Waals surface area contributed by atoms with Gasteiger partial charge in [-0.1, -0.05) is 11.6 Å². The summed E-state index contributed by atoms with van der Waals surface area (Å²) in [7, 11) is 1.51. The molecule has 1 aliphatic rings. The Hall–Kier alpha value is -1.67. The first-order valence-corrected chi connectivity index (χ1v) is 9.81. The van der Waals surface area contributed by atoms with E-state index < -0.39 is 5.91 Å². The van der Waals surface area contributed by atoms with E-state index in [0.717, 1.165) is 5.56 Å².